The molecule has 4 aromatic rings. The Balaban J connectivity index is 1.38. The smallest absolute Gasteiger partial charge is 0.306 e. The molecule has 0 unspecified atom stereocenters. The lowest BCUT2D eigenvalue weighted by atomic mass is 9.82. The molecule has 35 heavy (non-hydrogen) atoms. The Morgan fingerprint density at radius 3 is 2.63 bits per heavy atom. The average Bonchev–Trinajstić information content (AvgIpc) is 3.29. The number of hydrogen-bond acceptors (Lipinski definition) is 4. The van der Waals surface area contributed by atoms with Gasteiger partial charge in [-0.25, -0.2) is 0 Å². The first kappa shape index (κ1) is 22.9. The summed E-state index contributed by atoms with van der Waals surface area (Å²) in [5.41, 5.74) is 3.26. The van der Waals surface area contributed by atoms with Gasteiger partial charge in [0.15, 0.2) is 0 Å². The van der Waals surface area contributed by atoms with E-state index in [1.165, 1.54) is 0 Å². The molecule has 1 aliphatic rings. The Morgan fingerprint density at radius 2 is 1.86 bits per heavy atom. The maximum Gasteiger partial charge on any atom is 0.306 e. The van der Waals surface area contributed by atoms with Crippen LogP contribution in [-0.4, -0.2) is 40.2 Å². The Labute approximate surface area is 203 Å². The van der Waals surface area contributed by atoms with E-state index < -0.39 is 5.97 Å². The van der Waals surface area contributed by atoms with Gasteiger partial charge in [-0.05, 0) is 61.9 Å². The average molecular weight is 472 g/mol. The highest BCUT2D eigenvalue weighted by Crippen LogP contribution is 2.30. The molecular weight excluding hydrogens is 442 g/mol. The Morgan fingerprint density at radius 1 is 1.06 bits per heavy atom. The molecule has 2 heterocycles. The van der Waals surface area contributed by atoms with Crippen LogP contribution >= 0.6 is 0 Å². The van der Waals surface area contributed by atoms with Gasteiger partial charge >= 0.3 is 5.97 Å². The standard InChI is InChI=1S/C28H29N3O4/c1-35-23-14-21-12-13-31(17-22-11-10-19-4-2-3-5-25(19)30-22)26(21)24(15-23)27(32)29-16-18-6-8-20(9-7-18)28(33)34/h2-5,10-15,18,20H,6-9,16-17H2,1H3,(H,29,32)(H,33,34). The minimum absolute atomic E-state index is 0.152. The van der Waals surface area contributed by atoms with E-state index in [9.17, 15) is 14.7 Å². The number of carbonyl (C=O) groups is 2. The lowest BCUT2D eigenvalue weighted by molar-refractivity contribution is -0.143. The Hall–Kier alpha value is -3.87. The van der Waals surface area contributed by atoms with E-state index in [0.717, 1.165) is 40.3 Å². The lowest BCUT2D eigenvalue weighted by Crippen LogP contribution is -2.32. The van der Waals surface area contributed by atoms with Crippen molar-refractivity contribution in [1.82, 2.24) is 14.9 Å². The summed E-state index contributed by atoms with van der Waals surface area (Å²) in [7, 11) is 1.60. The third-order valence-electron chi connectivity index (χ3n) is 7.05. The molecular formula is C28H29N3O4. The van der Waals surface area contributed by atoms with Crippen molar-refractivity contribution in [2.45, 2.75) is 32.2 Å². The molecule has 0 saturated heterocycles. The molecule has 0 spiro atoms. The van der Waals surface area contributed by atoms with Gasteiger partial charge in [0, 0.05) is 23.5 Å². The van der Waals surface area contributed by atoms with Crippen molar-refractivity contribution < 1.29 is 19.4 Å². The van der Waals surface area contributed by atoms with E-state index in [1.54, 1.807) is 13.2 Å². The lowest BCUT2D eigenvalue weighted by Gasteiger charge is -2.26. The molecule has 7 heteroatoms. The first-order valence-corrected chi connectivity index (χ1v) is 12.0. The van der Waals surface area contributed by atoms with Crippen LogP contribution in [0.3, 0.4) is 0 Å². The van der Waals surface area contributed by atoms with Gasteiger partial charge in [0.05, 0.1) is 41.9 Å². The first-order chi connectivity index (χ1) is 17.0. The van der Waals surface area contributed by atoms with Gasteiger partial charge in [-0.1, -0.05) is 24.3 Å². The first-order valence-electron chi connectivity index (χ1n) is 12.0. The fraction of sp³-hybridized carbons (Fsp3) is 0.321. The normalized spacial score (nSPS) is 18.0. The van der Waals surface area contributed by atoms with Gasteiger partial charge in [0.25, 0.3) is 5.91 Å². The van der Waals surface area contributed by atoms with Crippen molar-refractivity contribution >= 4 is 33.7 Å². The monoisotopic (exact) mass is 471 g/mol. The molecule has 0 radical (unpaired) electrons. The quantitative estimate of drug-likeness (QED) is 0.401. The predicted octanol–water partition coefficient (Wildman–Crippen LogP) is 4.87. The number of carboxylic acid groups (broad SMARTS) is 1. The highest BCUT2D eigenvalue weighted by molar-refractivity contribution is 6.06. The van der Waals surface area contributed by atoms with Crippen LogP contribution in [0.25, 0.3) is 21.8 Å². The van der Waals surface area contributed by atoms with Gasteiger partial charge in [-0.15, -0.1) is 0 Å². The molecule has 0 aliphatic heterocycles. The summed E-state index contributed by atoms with van der Waals surface area (Å²) in [6.45, 7) is 1.08. The predicted molar refractivity (Wildman–Crippen MR) is 135 cm³/mol. The number of fused-ring (bicyclic) bond motifs is 2. The molecule has 1 amide bonds. The fourth-order valence-corrected chi connectivity index (χ4v) is 5.06. The highest BCUT2D eigenvalue weighted by atomic mass is 16.5. The number of hydrogen-bond donors (Lipinski definition) is 2. The number of methoxy groups -OCH3 is 1. The SMILES string of the molecule is COc1cc(C(=O)NCC2CCC(C(=O)O)CC2)c2c(ccn2Cc2ccc3ccccc3n2)c1. The summed E-state index contributed by atoms with van der Waals surface area (Å²) in [6.07, 6.45) is 4.94. The number of benzene rings is 2. The van der Waals surface area contributed by atoms with Gasteiger partial charge < -0.3 is 19.7 Å². The molecule has 0 atom stereocenters. The van der Waals surface area contributed by atoms with Gasteiger partial charge in [-0.2, -0.15) is 0 Å². The van der Waals surface area contributed by atoms with E-state index in [-0.39, 0.29) is 11.8 Å². The second kappa shape index (κ2) is 9.78. The van der Waals surface area contributed by atoms with E-state index in [2.05, 4.69) is 16.0 Å². The zero-order valence-electron chi connectivity index (χ0n) is 19.7. The van der Waals surface area contributed by atoms with Crippen LogP contribution in [0.2, 0.25) is 0 Å². The third kappa shape index (κ3) is 4.85. The minimum atomic E-state index is -0.715. The maximum absolute atomic E-state index is 13.3. The van der Waals surface area contributed by atoms with Gasteiger partial charge in [-0.3, -0.25) is 14.6 Å². The second-order valence-electron chi connectivity index (χ2n) is 9.32. The number of carboxylic acids is 1. The summed E-state index contributed by atoms with van der Waals surface area (Å²) in [5.74, 6) is -0.198. The number of ether oxygens (including phenoxy) is 1. The van der Waals surface area contributed by atoms with Crippen LogP contribution in [0.4, 0.5) is 0 Å². The summed E-state index contributed by atoms with van der Waals surface area (Å²) >= 11 is 0. The molecule has 5 rings (SSSR count). The zero-order chi connectivity index (χ0) is 24.4. The number of para-hydroxylation sites is 1. The number of rotatable bonds is 7. The summed E-state index contributed by atoms with van der Waals surface area (Å²) in [6, 6.07) is 17.8. The number of aromatic nitrogens is 2. The van der Waals surface area contributed by atoms with Crippen molar-refractivity contribution in [3.05, 3.63) is 72.1 Å². The number of carbonyl (C=O) groups excluding carboxylic acids is 1. The fourth-order valence-electron chi connectivity index (χ4n) is 5.06. The van der Waals surface area contributed by atoms with E-state index >= 15 is 0 Å². The molecule has 2 aromatic carbocycles. The number of pyridine rings is 1. The molecule has 1 aliphatic carbocycles. The number of aliphatic carboxylic acids is 1. The zero-order valence-corrected chi connectivity index (χ0v) is 19.7. The molecule has 2 aromatic heterocycles. The minimum Gasteiger partial charge on any atom is -0.497 e. The molecule has 2 N–H and O–H groups in total. The second-order valence-corrected chi connectivity index (χ2v) is 9.32. The van der Waals surface area contributed by atoms with E-state index in [4.69, 9.17) is 9.72 Å². The van der Waals surface area contributed by atoms with Crippen molar-refractivity contribution in [2.24, 2.45) is 11.8 Å². The van der Waals surface area contributed by atoms with Crippen LogP contribution in [0, 0.1) is 11.8 Å². The molecule has 1 fully saturated rings. The van der Waals surface area contributed by atoms with Gasteiger partial charge in [0.1, 0.15) is 5.75 Å². The summed E-state index contributed by atoms with van der Waals surface area (Å²) in [4.78, 5) is 29.3. The highest BCUT2D eigenvalue weighted by Gasteiger charge is 2.26. The van der Waals surface area contributed by atoms with Crippen LogP contribution in [0.15, 0.2) is 60.8 Å². The Bertz CT molecular complexity index is 1390. The molecule has 180 valence electrons. The van der Waals surface area contributed by atoms with Gasteiger partial charge in [0.2, 0.25) is 0 Å². The van der Waals surface area contributed by atoms with Crippen LogP contribution in [-0.2, 0) is 11.3 Å². The maximum atomic E-state index is 13.3. The largest absolute Gasteiger partial charge is 0.497 e. The molecule has 1 saturated carbocycles. The van der Waals surface area contributed by atoms with Crippen LogP contribution < -0.4 is 10.1 Å². The topological polar surface area (TPSA) is 93.5 Å². The van der Waals surface area contributed by atoms with Crippen LogP contribution in [0.5, 0.6) is 5.75 Å². The summed E-state index contributed by atoms with van der Waals surface area (Å²) in [5, 5.41) is 14.3. The Kier molecular flexibility index (Phi) is 6.40. The van der Waals surface area contributed by atoms with E-state index in [0.29, 0.717) is 43.2 Å². The van der Waals surface area contributed by atoms with Crippen LogP contribution in [0.1, 0.15) is 41.7 Å². The summed E-state index contributed by atoms with van der Waals surface area (Å²) < 4.78 is 7.51. The van der Waals surface area contributed by atoms with E-state index in [1.807, 2.05) is 48.7 Å². The molecule has 7 nitrogen and oxygen atoms in total. The van der Waals surface area contributed by atoms with Crippen molar-refractivity contribution in [3.63, 3.8) is 0 Å². The molecule has 0 bridgehead atoms. The van der Waals surface area contributed by atoms with Crippen molar-refractivity contribution in [1.29, 1.82) is 0 Å². The third-order valence-corrected chi connectivity index (χ3v) is 7.05. The van der Waals surface area contributed by atoms with Crippen molar-refractivity contribution in [2.75, 3.05) is 13.7 Å². The number of nitrogens with zero attached hydrogens (tertiary/aromatic N) is 2. The van der Waals surface area contributed by atoms with Crippen molar-refractivity contribution in [3.8, 4) is 5.75 Å². The number of nitrogens with one attached hydrogen (secondary N) is 1. The number of amides is 1.